The van der Waals surface area contributed by atoms with Crippen molar-refractivity contribution >= 4 is 40.3 Å². The summed E-state index contributed by atoms with van der Waals surface area (Å²) in [6, 6.07) is 17.7. The first-order valence-corrected chi connectivity index (χ1v) is 10.9. The Bertz CT molecular complexity index is 1250. The normalized spacial score (nSPS) is 16.5. The summed E-state index contributed by atoms with van der Waals surface area (Å²) < 4.78 is 5.94. The molecule has 0 unspecified atom stereocenters. The molecule has 4 rings (SSSR count). The highest BCUT2D eigenvalue weighted by molar-refractivity contribution is 8.18. The molecule has 2 heterocycles. The maximum absolute atomic E-state index is 13.0. The first-order valence-electron chi connectivity index (χ1n) is 10.1. The molecule has 0 atom stereocenters. The summed E-state index contributed by atoms with van der Waals surface area (Å²) in [4.78, 5) is 30.4. The van der Waals surface area contributed by atoms with E-state index in [-0.39, 0.29) is 17.6 Å². The van der Waals surface area contributed by atoms with Gasteiger partial charge in [0.15, 0.2) is 5.17 Å². The van der Waals surface area contributed by atoms with Gasteiger partial charge in [-0.2, -0.15) is 0 Å². The number of amidine groups is 1. The van der Waals surface area contributed by atoms with Crippen molar-refractivity contribution in [3.05, 3.63) is 87.0 Å². The van der Waals surface area contributed by atoms with Crippen molar-refractivity contribution in [1.29, 1.82) is 0 Å². The summed E-state index contributed by atoms with van der Waals surface area (Å²) in [5, 5.41) is 11.6. The van der Waals surface area contributed by atoms with Crippen molar-refractivity contribution in [2.24, 2.45) is 4.99 Å². The second-order valence-electron chi connectivity index (χ2n) is 7.57. The Morgan fingerprint density at radius 2 is 1.88 bits per heavy atom. The van der Waals surface area contributed by atoms with Crippen LogP contribution in [0.4, 0.5) is 11.4 Å². The highest BCUT2D eigenvalue weighted by Gasteiger charge is 2.35. The highest BCUT2D eigenvalue weighted by Crippen LogP contribution is 2.36. The lowest BCUT2D eigenvalue weighted by molar-refractivity contribution is -0.384. The van der Waals surface area contributed by atoms with E-state index in [1.165, 1.54) is 23.9 Å². The molecule has 8 heteroatoms. The van der Waals surface area contributed by atoms with Crippen LogP contribution in [-0.2, 0) is 4.79 Å². The van der Waals surface area contributed by atoms with Crippen LogP contribution in [0.5, 0.6) is 0 Å². The van der Waals surface area contributed by atoms with Crippen LogP contribution in [-0.4, -0.2) is 26.9 Å². The minimum Gasteiger partial charge on any atom is -0.457 e. The van der Waals surface area contributed by atoms with Gasteiger partial charge in [-0.05, 0) is 68.4 Å². The van der Waals surface area contributed by atoms with Crippen LogP contribution >= 0.6 is 11.8 Å². The van der Waals surface area contributed by atoms with Gasteiger partial charge in [0.05, 0.1) is 15.5 Å². The lowest BCUT2D eigenvalue weighted by Gasteiger charge is -2.19. The standard InChI is InChI=1S/C24H21N3O4S/c1-15(2)26-23(28)22(32-24(26)25-17-7-5-4-6-8-17)14-19-10-12-21(31-19)20-11-9-18(27(29)30)13-16(20)3/h4-15H,1-3H3/b22-14+,25-24?. The monoisotopic (exact) mass is 447 g/mol. The molecule has 1 aromatic heterocycles. The van der Waals surface area contributed by atoms with E-state index in [0.29, 0.717) is 21.6 Å². The molecule has 0 saturated carbocycles. The van der Waals surface area contributed by atoms with Gasteiger partial charge < -0.3 is 4.42 Å². The number of furan rings is 1. The Kier molecular flexibility index (Phi) is 5.96. The molecule has 3 aromatic rings. The minimum atomic E-state index is -0.424. The van der Waals surface area contributed by atoms with Crippen LogP contribution in [0, 0.1) is 17.0 Å². The van der Waals surface area contributed by atoms with Crippen molar-refractivity contribution < 1.29 is 14.1 Å². The highest BCUT2D eigenvalue weighted by atomic mass is 32.2. The number of hydrogen-bond acceptors (Lipinski definition) is 6. The van der Waals surface area contributed by atoms with Crippen LogP contribution in [0.3, 0.4) is 0 Å². The molecular formula is C24H21N3O4S. The van der Waals surface area contributed by atoms with Crippen LogP contribution in [0.2, 0.25) is 0 Å². The third kappa shape index (κ3) is 4.36. The van der Waals surface area contributed by atoms with E-state index in [4.69, 9.17) is 4.42 Å². The Hall–Kier alpha value is -3.65. The summed E-state index contributed by atoms with van der Waals surface area (Å²) in [5.74, 6) is 0.987. The maximum Gasteiger partial charge on any atom is 0.269 e. The van der Waals surface area contributed by atoms with Crippen molar-refractivity contribution in [2.75, 3.05) is 0 Å². The van der Waals surface area contributed by atoms with Crippen molar-refractivity contribution in [3.63, 3.8) is 0 Å². The fraction of sp³-hybridized carbons (Fsp3) is 0.167. The van der Waals surface area contributed by atoms with Gasteiger partial charge in [-0.1, -0.05) is 18.2 Å². The third-order valence-electron chi connectivity index (χ3n) is 4.92. The number of non-ortho nitro benzene ring substituents is 1. The van der Waals surface area contributed by atoms with Gasteiger partial charge in [-0.25, -0.2) is 4.99 Å². The van der Waals surface area contributed by atoms with Gasteiger partial charge in [0, 0.05) is 29.8 Å². The van der Waals surface area contributed by atoms with Gasteiger partial charge >= 0.3 is 0 Å². The smallest absolute Gasteiger partial charge is 0.269 e. The second-order valence-corrected chi connectivity index (χ2v) is 8.58. The van der Waals surface area contributed by atoms with Gasteiger partial charge in [-0.3, -0.25) is 19.8 Å². The lowest BCUT2D eigenvalue weighted by atomic mass is 10.1. The number of amides is 1. The molecule has 162 valence electrons. The number of para-hydroxylation sites is 1. The molecule has 1 aliphatic rings. The molecule has 0 spiro atoms. The van der Waals surface area contributed by atoms with Crippen LogP contribution in [0.1, 0.15) is 25.2 Å². The van der Waals surface area contributed by atoms with Crippen LogP contribution in [0.25, 0.3) is 17.4 Å². The minimum absolute atomic E-state index is 0.0344. The summed E-state index contributed by atoms with van der Waals surface area (Å²) in [6.45, 7) is 5.70. The zero-order chi connectivity index (χ0) is 22.8. The van der Waals surface area contributed by atoms with Crippen LogP contribution < -0.4 is 0 Å². The van der Waals surface area contributed by atoms with E-state index in [1.807, 2.05) is 44.2 Å². The first-order chi connectivity index (χ1) is 15.3. The molecule has 0 aliphatic carbocycles. The van der Waals surface area contributed by atoms with Crippen molar-refractivity contribution in [3.8, 4) is 11.3 Å². The Morgan fingerprint density at radius 3 is 2.53 bits per heavy atom. The second kappa shape index (κ2) is 8.84. The third-order valence-corrected chi connectivity index (χ3v) is 5.90. The number of hydrogen-bond donors (Lipinski definition) is 0. The number of aliphatic imine (C=N–C) groups is 1. The molecular weight excluding hydrogens is 426 g/mol. The van der Waals surface area contributed by atoms with E-state index in [9.17, 15) is 14.9 Å². The van der Waals surface area contributed by atoms with Gasteiger partial charge in [0.2, 0.25) is 0 Å². The number of carbonyl (C=O) groups excluding carboxylic acids is 1. The number of nitrogens with zero attached hydrogens (tertiary/aromatic N) is 3. The summed E-state index contributed by atoms with van der Waals surface area (Å²) >= 11 is 1.31. The van der Waals surface area contributed by atoms with Crippen molar-refractivity contribution in [1.82, 2.24) is 4.90 Å². The topological polar surface area (TPSA) is 89.0 Å². The fourth-order valence-corrected chi connectivity index (χ4v) is 4.48. The molecule has 1 aliphatic heterocycles. The molecule has 2 aromatic carbocycles. The summed E-state index contributed by atoms with van der Waals surface area (Å²) in [7, 11) is 0. The fourth-order valence-electron chi connectivity index (χ4n) is 3.38. The number of rotatable bonds is 5. The molecule has 1 saturated heterocycles. The largest absolute Gasteiger partial charge is 0.457 e. The number of thioether (sulfide) groups is 1. The molecule has 7 nitrogen and oxygen atoms in total. The quantitative estimate of drug-likeness (QED) is 0.265. The van der Waals surface area contributed by atoms with E-state index in [0.717, 1.165) is 16.8 Å². The lowest BCUT2D eigenvalue weighted by Crippen LogP contribution is -2.35. The van der Waals surface area contributed by atoms with E-state index in [2.05, 4.69) is 4.99 Å². The Labute approximate surface area is 189 Å². The van der Waals surface area contributed by atoms with Crippen molar-refractivity contribution in [2.45, 2.75) is 26.8 Å². The number of nitro groups is 1. The number of nitro benzene ring substituents is 1. The van der Waals surface area contributed by atoms with Gasteiger partial charge in [-0.15, -0.1) is 0 Å². The average molecular weight is 448 g/mol. The van der Waals surface area contributed by atoms with Gasteiger partial charge in [0.25, 0.3) is 11.6 Å². The molecule has 1 amide bonds. The number of benzene rings is 2. The SMILES string of the molecule is Cc1cc([N+](=O)[O-])ccc1-c1ccc(/C=C2/SC(=Nc3ccccc3)N(C(C)C)C2=O)o1. The maximum atomic E-state index is 13.0. The molecule has 0 radical (unpaired) electrons. The molecule has 0 bridgehead atoms. The molecule has 1 fully saturated rings. The average Bonchev–Trinajstić information content (AvgIpc) is 3.33. The Morgan fingerprint density at radius 1 is 1.12 bits per heavy atom. The predicted octanol–water partition coefficient (Wildman–Crippen LogP) is 6.18. The van der Waals surface area contributed by atoms with E-state index >= 15 is 0 Å². The Balaban J connectivity index is 1.63. The summed E-state index contributed by atoms with van der Waals surface area (Å²) in [5.41, 5.74) is 2.32. The van der Waals surface area contributed by atoms with Crippen LogP contribution in [0.15, 0.2) is 75.0 Å². The molecule has 0 N–H and O–H groups in total. The van der Waals surface area contributed by atoms with Gasteiger partial charge in [0.1, 0.15) is 11.5 Å². The first kappa shape index (κ1) is 21.6. The van der Waals surface area contributed by atoms with E-state index < -0.39 is 4.92 Å². The predicted molar refractivity (Wildman–Crippen MR) is 127 cm³/mol. The summed E-state index contributed by atoms with van der Waals surface area (Å²) in [6.07, 6.45) is 1.71. The molecule has 32 heavy (non-hydrogen) atoms. The zero-order valence-corrected chi connectivity index (χ0v) is 18.6. The zero-order valence-electron chi connectivity index (χ0n) is 17.8. The van der Waals surface area contributed by atoms with E-state index in [1.54, 1.807) is 36.1 Å². The number of carbonyl (C=O) groups is 1. The number of aryl methyl sites for hydroxylation is 1.